The van der Waals surface area contributed by atoms with Crippen molar-refractivity contribution in [3.63, 3.8) is 0 Å². The first-order valence-corrected chi connectivity index (χ1v) is 16.6. The third kappa shape index (κ3) is 8.29. The SMILES string of the molecule is CCOC(=O)c1csc([C@@H](C[C@H](C(C)C)N(C)C(=O)C(N=[N+]=[N-])[C@@H](C)CC)O[Si](CC)(CC)CC)n1. The zero-order valence-corrected chi connectivity index (χ0v) is 25.3. The number of amides is 1. The summed E-state index contributed by atoms with van der Waals surface area (Å²) in [5.41, 5.74) is 9.36. The van der Waals surface area contributed by atoms with Crippen LogP contribution in [0.25, 0.3) is 10.4 Å². The van der Waals surface area contributed by atoms with Gasteiger partial charge in [0.1, 0.15) is 11.0 Å². The van der Waals surface area contributed by atoms with E-state index in [2.05, 4.69) is 49.6 Å². The van der Waals surface area contributed by atoms with E-state index in [1.54, 1.807) is 24.3 Å². The van der Waals surface area contributed by atoms with Gasteiger partial charge >= 0.3 is 5.97 Å². The normalized spacial score (nSPS) is 15.1. The van der Waals surface area contributed by atoms with E-state index in [1.807, 2.05) is 13.8 Å². The Morgan fingerprint density at radius 3 is 2.25 bits per heavy atom. The van der Waals surface area contributed by atoms with Gasteiger partial charge < -0.3 is 14.1 Å². The fourth-order valence-corrected chi connectivity index (χ4v) is 8.12. The number of aromatic nitrogens is 1. The lowest BCUT2D eigenvalue weighted by Crippen LogP contribution is -2.48. The minimum Gasteiger partial charge on any atom is -0.461 e. The summed E-state index contributed by atoms with van der Waals surface area (Å²) in [5, 5.41) is 6.28. The van der Waals surface area contributed by atoms with Crippen LogP contribution in [0.4, 0.5) is 0 Å². The van der Waals surface area contributed by atoms with Crippen molar-refractivity contribution in [1.29, 1.82) is 0 Å². The lowest BCUT2D eigenvalue weighted by atomic mass is 9.93. The van der Waals surface area contributed by atoms with Crippen molar-refractivity contribution < 1.29 is 18.8 Å². The predicted octanol–water partition coefficient (Wildman–Crippen LogP) is 6.98. The molecule has 1 heterocycles. The van der Waals surface area contributed by atoms with E-state index in [1.165, 1.54) is 11.3 Å². The average Bonchev–Trinajstić information content (AvgIpc) is 3.37. The second-order valence-corrected chi connectivity index (χ2v) is 15.3. The summed E-state index contributed by atoms with van der Waals surface area (Å²) in [6, 6.07) is 1.99. The molecule has 0 saturated carbocycles. The first kappa shape index (κ1) is 32.1. The number of ether oxygens (including phenoxy) is 1. The smallest absolute Gasteiger partial charge is 0.357 e. The molecule has 0 aliphatic carbocycles. The van der Waals surface area contributed by atoms with Crippen LogP contribution >= 0.6 is 11.3 Å². The fourth-order valence-electron chi connectivity index (χ4n) is 4.39. The Hall–Kier alpha value is -1.94. The highest BCUT2D eigenvalue weighted by Gasteiger charge is 2.38. The maximum atomic E-state index is 13.5. The minimum absolute atomic E-state index is 0.0675. The molecule has 1 aromatic rings. The molecule has 0 spiro atoms. The number of esters is 1. The molecule has 1 unspecified atom stereocenters. The molecule has 0 fully saturated rings. The maximum absolute atomic E-state index is 13.5. The van der Waals surface area contributed by atoms with Crippen LogP contribution in [0, 0.1) is 11.8 Å². The molecule has 0 bridgehead atoms. The standard InChI is InChI=1S/C25H45N5O4SSi/c1-10-18(8)22(28-29-26)24(31)30(9)20(17(6)7)15-21(34-36(12-3,13-4)14-5)23-27-19(16-35-23)25(32)33-11-2/h16-18,20-22H,10-15H2,1-9H3/t18-,20+,21+,22?/m0/s1. The average molecular weight is 540 g/mol. The van der Waals surface area contributed by atoms with Crippen LogP contribution in [0.3, 0.4) is 0 Å². The van der Waals surface area contributed by atoms with E-state index in [0.29, 0.717) is 6.42 Å². The van der Waals surface area contributed by atoms with Gasteiger partial charge in [-0.1, -0.05) is 60.0 Å². The van der Waals surface area contributed by atoms with Crippen molar-refractivity contribution in [2.75, 3.05) is 13.7 Å². The highest BCUT2D eigenvalue weighted by molar-refractivity contribution is 7.09. The molecule has 0 N–H and O–H groups in total. The van der Waals surface area contributed by atoms with Crippen molar-refractivity contribution in [3.8, 4) is 0 Å². The molecular weight excluding hydrogens is 494 g/mol. The van der Waals surface area contributed by atoms with Crippen LogP contribution in [0.1, 0.15) is 89.8 Å². The number of thiazole rings is 1. The molecule has 36 heavy (non-hydrogen) atoms. The summed E-state index contributed by atoms with van der Waals surface area (Å²) in [5.74, 6) is -0.570. The van der Waals surface area contributed by atoms with Crippen molar-refractivity contribution in [2.45, 2.75) is 105 Å². The van der Waals surface area contributed by atoms with Crippen LogP contribution in [0.15, 0.2) is 10.5 Å². The number of hydrogen-bond acceptors (Lipinski definition) is 7. The van der Waals surface area contributed by atoms with Crippen LogP contribution < -0.4 is 0 Å². The molecule has 0 aliphatic heterocycles. The molecule has 0 aliphatic rings. The minimum atomic E-state index is -2.04. The predicted molar refractivity (Wildman–Crippen MR) is 147 cm³/mol. The number of carbonyl (C=O) groups is 2. The van der Waals surface area contributed by atoms with Gasteiger partial charge in [-0.15, -0.1) is 11.3 Å². The third-order valence-electron chi connectivity index (χ3n) is 7.29. The molecule has 0 aromatic carbocycles. The number of nitrogens with zero attached hydrogens (tertiary/aromatic N) is 5. The van der Waals surface area contributed by atoms with Gasteiger partial charge in [0.05, 0.1) is 12.7 Å². The Bertz CT molecular complexity index is 877. The zero-order valence-electron chi connectivity index (χ0n) is 23.5. The van der Waals surface area contributed by atoms with Gasteiger partial charge in [-0.3, -0.25) is 4.79 Å². The van der Waals surface area contributed by atoms with Crippen LogP contribution in [-0.2, 0) is 14.0 Å². The summed E-state index contributed by atoms with van der Waals surface area (Å²) in [6.07, 6.45) is 0.914. The molecule has 0 radical (unpaired) electrons. The lowest BCUT2D eigenvalue weighted by molar-refractivity contribution is -0.136. The third-order valence-corrected chi connectivity index (χ3v) is 12.9. The number of azide groups is 1. The molecule has 1 rings (SSSR count). The summed E-state index contributed by atoms with van der Waals surface area (Å²) in [7, 11) is -0.258. The molecule has 0 saturated heterocycles. The van der Waals surface area contributed by atoms with Gasteiger partial charge in [-0.05, 0) is 48.8 Å². The lowest BCUT2D eigenvalue weighted by Gasteiger charge is -2.38. The molecule has 4 atom stereocenters. The first-order valence-electron chi connectivity index (χ1n) is 13.2. The van der Waals surface area contributed by atoms with Crippen molar-refractivity contribution >= 4 is 31.5 Å². The van der Waals surface area contributed by atoms with Gasteiger partial charge in [0.15, 0.2) is 14.0 Å². The maximum Gasteiger partial charge on any atom is 0.357 e. The fraction of sp³-hybridized carbons (Fsp3) is 0.800. The van der Waals surface area contributed by atoms with E-state index in [0.717, 1.165) is 29.6 Å². The van der Waals surface area contributed by atoms with Gasteiger partial charge in [0.2, 0.25) is 5.91 Å². The Labute approximate surface area is 221 Å². The highest BCUT2D eigenvalue weighted by atomic mass is 32.1. The van der Waals surface area contributed by atoms with Crippen molar-refractivity contribution in [2.24, 2.45) is 17.0 Å². The summed E-state index contributed by atoms with van der Waals surface area (Å²) >= 11 is 1.40. The first-order chi connectivity index (χ1) is 17.0. The topological polar surface area (TPSA) is 117 Å². The monoisotopic (exact) mass is 539 g/mol. The van der Waals surface area contributed by atoms with Crippen LogP contribution in [0.5, 0.6) is 0 Å². The summed E-state index contributed by atoms with van der Waals surface area (Å²) in [4.78, 5) is 35.0. The Morgan fingerprint density at radius 2 is 1.78 bits per heavy atom. The van der Waals surface area contributed by atoms with Crippen LogP contribution in [0.2, 0.25) is 18.1 Å². The zero-order chi connectivity index (χ0) is 27.5. The highest BCUT2D eigenvalue weighted by Crippen LogP contribution is 2.36. The van der Waals surface area contributed by atoms with Gasteiger partial charge in [-0.2, -0.15) is 0 Å². The van der Waals surface area contributed by atoms with E-state index in [-0.39, 0.29) is 42.2 Å². The quantitative estimate of drug-likeness (QED) is 0.0738. The molecular formula is C25H45N5O4SSi. The van der Waals surface area contributed by atoms with Crippen molar-refractivity contribution in [1.82, 2.24) is 9.88 Å². The largest absolute Gasteiger partial charge is 0.461 e. The molecule has 1 aromatic heterocycles. The molecule has 11 heteroatoms. The van der Waals surface area contributed by atoms with E-state index >= 15 is 0 Å². The molecule has 204 valence electrons. The van der Waals surface area contributed by atoms with Crippen LogP contribution in [-0.4, -0.2) is 55.8 Å². The van der Waals surface area contributed by atoms with Gasteiger partial charge in [-0.25, -0.2) is 9.78 Å². The Morgan fingerprint density at radius 1 is 1.17 bits per heavy atom. The molecule has 9 nitrogen and oxygen atoms in total. The van der Waals surface area contributed by atoms with Gasteiger partial charge in [0.25, 0.3) is 0 Å². The number of rotatable bonds is 16. The van der Waals surface area contributed by atoms with E-state index in [9.17, 15) is 9.59 Å². The number of hydrogen-bond donors (Lipinski definition) is 0. The Balaban J connectivity index is 3.42. The second-order valence-electron chi connectivity index (χ2n) is 9.67. The van der Waals surface area contributed by atoms with Crippen molar-refractivity contribution in [3.05, 3.63) is 26.5 Å². The number of likely N-dealkylation sites (N-methyl/N-ethyl adjacent to an activating group) is 1. The van der Waals surface area contributed by atoms with E-state index in [4.69, 9.17) is 14.7 Å². The molecule has 1 amide bonds. The van der Waals surface area contributed by atoms with Gasteiger partial charge in [0, 0.05) is 23.4 Å². The number of carbonyl (C=O) groups excluding carboxylic acids is 2. The summed E-state index contributed by atoms with van der Waals surface area (Å²) < 4.78 is 12.1. The Kier molecular flexibility index (Phi) is 13.7. The second kappa shape index (κ2) is 15.3. The van der Waals surface area contributed by atoms with E-state index < -0.39 is 20.3 Å². The summed E-state index contributed by atoms with van der Waals surface area (Å²) in [6.45, 7) is 16.6.